The van der Waals surface area contributed by atoms with Gasteiger partial charge in [0.05, 0.1) is 5.69 Å². The fourth-order valence-corrected chi connectivity index (χ4v) is 11.6. The first-order valence-electron chi connectivity index (χ1n) is 21.2. The van der Waals surface area contributed by atoms with Crippen molar-refractivity contribution in [2.24, 2.45) is 11.8 Å². The smallest absolute Gasteiger partial charge is 0.0540 e. The molecule has 0 spiro atoms. The second-order valence-corrected chi connectivity index (χ2v) is 17.9. The molecular weight excluding hydrogens is 663 g/mol. The lowest BCUT2D eigenvalue weighted by Crippen LogP contribution is -2.17. The molecule has 0 radical (unpaired) electrons. The van der Waals surface area contributed by atoms with Crippen LogP contribution >= 0.6 is 0 Å². The molecule has 3 fully saturated rings. The maximum absolute atomic E-state index is 2.55. The Bertz CT molecular complexity index is 2580. The molecule has 3 saturated carbocycles. The second kappa shape index (κ2) is 13.0. The molecule has 0 amide bonds. The van der Waals surface area contributed by atoms with E-state index in [0.29, 0.717) is 5.92 Å². The topological polar surface area (TPSA) is 3.24 Å². The Morgan fingerprint density at radius 1 is 0.527 bits per heavy atom. The Kier molecular flexibility index (Phi) is 7.84. The fourth-order valence-electron chi connectivity index (χ4n) is 11.6. The van der Waals surface area contributed by atoms with Crippen LogP contribution in [0.5, 0.6) is 0 Å². The van der Waals surface area contributed by atoms with Gasteiger partial charge in [0.15, 0.2) is 0 Å². The third-order valence-electron chi connectivity index (χ3n) is 14.5. The number of nitrogens with zero attached hydrogens (tertiary/aromatic N) is 1. The van der Waals surface area contributed by atoms with Gasteiger partial charge in [-0.25, -0.2) is 0 Å². The minimum atomic E-state index is -0.140. The van der Waals surface area contributed by atoms with E-state index in [4.69, 9.17) is 0 Å². The van der Waals surface area contributed by atoms with Gasteiger partial charge in [0.1, 0.15) is 0 Å². The monoisotopic (exact) mass is 713 g/mol. The highest BCUT2D eigenvalue weighted by Gasteiger charge is 2.40. The van der Waals surface area contributed by atoms with Crippen LogP contribution in [0.3, 0.4) is 0 Å². The predicted octanol–water partition coefficient (Wildman–Crippen LogP) is 15.4. The fraction of sp³-hybridized carbons (Fsp3) is 0.296. The van der Waals surface area contributed by atoms with Gasteiger partial charge < -0.3 is 4.90 Å². The summed E-state index contributed by atoms with van der Waals surface area (Å²) in [6.07, 6.45) is 12.4. The number of rotatable bonds is 6. The van der Waals surface area contributed by atoms with Crippen molar-refractivity contribution in [3.8, 4) is 22.3 Å². The molecule has 7 aromatic rings. The van der Waals surface area contributed by atoms with Crippen molar-refractivity contribution in [1.82, 2.24) is 0 Å². The van der Waals surface area contributed by atoms with E-state index in [1.165, 1.54) is 141 Å². The summed E-state index contributed by atoms with van der Waals surface area (Å²) in [6, 6.07) is 54.0. The lowest BCUT2D eigenvalue weighted by molar-refractivity contribution is 0.420. The molecule has 1 heteroatoms. The molecule has 3 unspecified atom stereocenters. The standard InChI is InChI=1S/C54H51N/c1-54(2)50-16-9-15-47(43-21-20-37-12-6-7-13-39(37)32-43)53(50)48-29-27-45(34-51(48)54)55(44-25-22-38(23-26-44)49-31-35-18-19-42(49)30-35)52-17-8-14-41-33-40(24-28-46(41)52)36-10-4-3-5-11-36/h6-9,12-17,20-29,32-36,42,49H,3-5,10-11,18-19,30-31H2,1-2H3. The SMILES string of the molecule is CC1(C)c2cc(N(c3ccc(C4CC5CCC4C5)cc3)c3cccc4cc(C5CCCCC5)ccc34)ccc2-c2c(-c3ccc4ccccc4c3)cccc21. The average Bonchev–Trinajstić information content (AvgIpc) is 3.94. The van der Waals surface area contributed by atoms with E-state index >= 15 is 0 Å². The molecule has 3 atom stereocenters. The van der Waals surface area contributed by atoms with E-state index in [-0.39, 0.29) is 5.41 Å². The molecule has 7 aromatic carbocycles. The van der Waals surface area contributed by atoms with Gasteiger partial charge in [0, 0.05) is 22.2 Å². The van der Waals surface area contributed by atoms with Crippen LogP contribution in [0.25, 0.3) is 43.8 Å². The Morgan fingerprint density at radius 2 is 1.31 bits per heavy atom. The van der Waals surface area contributed by atoms with Crippen LogP contribution in [-0.4, -0.2) is 0 Å². The van der Waals surface area contributed by atoms with Gasteiger partial charge in [-0.2, -0.15) is 0 Å². The number of hydrogen-bond donors (Lipinski definition) is 0. The maximum Gasteiger partial charge on any atom is 0.0540 e. The quantitative estimate of drug-likeness (QED) is 0.166. The summed E-state index contributed by atoms with van der Waals surface area (Å²) in [4.78, 5) is 2.55. The van der Waals surface area contributed by atoms with Crippen LogP contribution in [0.1, 0.15) is 106 Å². The molecule has 11 rings (SSSR count). The number of anilines is 3. The largest absolute Gasteiger partial charge is 0.310 e. The van der Waals surface area contributed by atoms with E-state index in [1.807, 2.05) is 0 Å². The average molecular weight is 714 g/mol. The molecule has 0 aliphatic heterocycles. The van der Waals surface area contributed by atoms with E-state index in [0.717, 1.165) is 17.8 Å². The van der Waals surface area contributed by atoms with Crippen molar-refractivity contribution < 1.29 is 0 Å². The highest BCUT2D eigenvalue weighted by atomic mass is 15.1. The van der Waals surface area contributed by atoms with Gasteiger partial charge in [0.25, 0.3) is 0 Å². The van der Waals surface area contributed by atoms with Crippen molar-refractivity contribution in [3.63, 3.8) is 0 Å². The number of benzene rings is 7. The van der Waals surface area contributed by atoms with Crippen LogP contribution in [0.2, 0.25) is 0 Å². The Balaban J connectivity index is 1.04. The minimum Gasteiger partial charge on any atom is -0.310 e. The van der Waals surface area contributed by atoms with E-state index in [9.17, 15) is 0 Å². The minimum absolute atomic E-state index is 0.140. The number of fused-ring (bicyclic) bond motifs is 7. The summed E-state index contributed by atoms with van der Waals surface area (Å²) < 4.78 is 0. The van der Waals surface area contributed by atoms with Crippen LogP contribution in [0, 0.1) is 11.8 Å². The van der Waals surface area contributed by atoms with E-state index < -0.39 is 0 Å². The van der Waals surface area contributed by atoms with Crippen LogP contribution in [0.4, 0.5) is 17.1 Å². The highest BCUT2D eigenvalue weighted by molar-refractivity contribution is 6.01. The Labute approximate surface area is 327 Å². The molecule has 1 nitrogen and oxygen atoms in total. The van der Waals surface area contributed by atoms with Crippen molar-refractivity contribution in [2.45, 2.75) is 88.9 Å². The van der Waals surface area contributed by atoms with Crippen molar-refractivity contribution in [2.75, 3.05) is 4.90 Å². The third-order valence-corrected chi connectivity index (χ3v) is 14.5. The second-order valence-electron chi connectivity index (χ2n) is 17.9. The molecule has 55 heavy (non-hydrogen) atoms. The molecule has 0 N–H and O–H groups in total. The zero-order valence-electron chi connectivity index (χ0n) is 32.4. The molecule has 4 aliphatic rings. The van der Waals surface area contributed by atoms with E-state index in [1.54, 1.807) is 0 Å². The summed E-state index contributed by atoms with van der Waals surface area (Å²) in [7, 11) is 0. The lowest BCUT2D eigenvalue weighted by atomic mass is 9.81. The molecule has 272 valence electrons. The zero-order valence-corrected chi connectivity index (χ0v) is 32.4. The first-order valence-corrected chi connectivity index (χ1v) is 21.2. The van der Waals surface area contributed by atoms with Gasteiger partial charge >= 0.3 is 0 Å². The number of hydrogen-bond acceptors (Lipinski definition) is 1. The summed E-state index contributed by atoms with van der Waals surface area (Å²) in [5.74, 6) is 3.24. The highest BCUT2D eigenvalue weighted by Crippen LogP contribution is 2.55. The van der Waals surface area contributed by atoms with Crippen molar-refractivity contribution in [1.29, 1.82) is 0 Å². The zero-order chi connectivity index (χ0) is 36.7. The first-order chi connectivity index (χ1) is 27.0. The van der Waals surface area contributed by atoms with Crippen LogP contribution in [0.15, 0.2) is 140 Å². The Hall–Kier alpha value is -5.14. The summed E-state index contributed by atoms with van der Waals surface area (Å²) in [5.41, 5.74) is 14.8. The molecule has 4 aliphatic carbocycles. The summed E-state index contributed by atoms with van der Waals surface area (Å²) in [5, 5.41) is 5.24. The predicted molar refractivity (Wildman–Crippen MR) is 233 cm³/mol. The maximum atomic E-state index is 2.55. The van der Waals surface area contributed by atoms with Crippen molar-refractivity contribution >= 4 is 38.6 Å². The van der Waals surface area contributed by atoms with Gasteiger partial charge in [0.2, 0.25) is 0 Å². The van der Waals surface area contributed by atoms with E-state index in [2.05, 4.69) is 158 Å². The molecule has 2 bridgehead atoms. The van der Waals surface area contributed by atoms with Crippen LogP contribution in [-0.2, 0) is 5.41 Å². The Morgan fingerprint density at radius 3 is 2.13 bits per heavy atom. The van der Waals surface area contributed by atoms with Gasteiger partial charge in [-0.1, -0.05) is 143 Å². The summed E-state index contributed by atoms with van der Waals surface area (Å²) in [6.45, 7) is 4.84. The summed E-state index contributed by atoms with van der Waals surface area (Å²) >= 11 is 0. The molecule has 0 heterocycles. The van der Waals surface area contributed by atoms with Gasteiger partial charge in [-0.05, 0) is 153 Å². The lowest BCUT2D eigenvalue weighted by Gasteiger charge is -2.30. The van der Waals surface area contributed by atoms with Crippen LogP contribution < -0.4 is 4.90 Å². The van der Waals surface area contributed by atoms with Gasteiger partial charge in [-0.15, -0.1) is 0 Å². The normalized spacial score (nSPS) is 21.2. The molecule has 0 saturated heterocycles. The third kappa shape index (κ3) is 5.48. The molecule has 0 aromatic heterocycles. The first kappa shape index (κ1) is 33.2. The molecular formula is C54H51N. The van der Waals surface area contributed by atoms with Gasteiger partial charge in [-0.3, -0.25) is 0 Å². The van der Waals surface area contributed by atoms with Crippen molar-refractivity contribution in [3.05, 3.63) is 162 Å².